The summed E-state index contributed by atoms with van der Waals surface area (Å²) in [7, 11) is 5.37. The maximum absolute atomic E-state index is 12.6. The molecule has 2 unspecified atom stereocenters. The maximum Gasteiger partial charge on any atom is 0.306 e. The predicted octanol–water partition coefficient (Wildman–Crippen LogP) is 8.18. The lowest BCUT2D eigenvalue weighted by Gasteiger charge is -2.34. The molecule has 0 aromatic carbocycles. The van der Waals surface area contributed by atoms with Crippen LogP contribution in [0.25, 0.3) is 0 Å². The van der Waals surface area contributed by atoms with Gasteiger partial charge in [-0.1, -0.05) is 115 Å². The van der Waals surface area contributed by atoms with Crippen molar-refractivity contribution in [2.45, 2.75) is 161 Å². The van der Waals surface area contributed by atoms with Gasteiger partial charge in [0.2, 0.25) is 0 Å². The zero-order valence-corrected chi connectivity index (χ0v) is 31.4. The molecule has 0 rings (SSSR count). The number of quaternary nitrogens is 1. The summed E-state index contributed by atoms with van der Waals surface area (Å²) in [6.07, 6.45) is 33.5. The third kappa shape index (κ3) is 29.7. The Morgan fingerprint density at radius 2 is 1.21 bits per heavy atom. The Balaban J connectivity index is 4.36. The second-order valence-electron chi connectivity index (χ2n) is 13.8. The number of carboxylic acids is 1. The van der Waals surface area contributed by atoms with Crippen molar-refractivity contribution in [1.29, 1.82) is 0 Å². The number of rotatable bonds is 33. The van der Waals surface area contributed by atoms with Gasteiger partial charge in [0, 0.05) is 19.3 Å². The van der Waals surface area contributed by atoms with E-state index in [-0.39, 0.29) is 49.1 Å². The second-order valence-corrected chi connectivity index (χ2v) is 13.8. The van der Waals surface area contributed by atoms with E-state index in [0.717, 1.165) is 32.1 Å². The highest BCUT2D eigenvalue weighted by Crippen LogP contribution is 2.13. The van der Waals surface area contributed by atoms with Crippen molar-refractivity contribution in [2.75, 3.05) is 41.0 Å². The topological polar surface area (TPSA) is 102 Å². The summed E-state index contributed by atoms with van der Waals surface area (Å²) >= 11 is 0. The summed E-state index contributed by atoms with van der Waals surface area (Å²) in [6.45, 7) is 4.42. The molecular weight excluding hydrogens is 606 g/mol. The van der Waals surface area contributed by atoms with Gasteiger partial charge in [0.25, 0.3) is 0 Å². The molecule has 2 atom stereocenters. The lowest BCUT2D eigenvalue weighted by molar-refractivity contribution is -0.889. The van der Waals surface area contributed by atoms with Gasteiger partial charge in [-0.3, -0.25) is 9.59 Å². The summed E-state index contributed by atoms with van der Waals surface area (Å²) in [5.41, 5.74) is 0. The van der Waals surface area contributed by atoms with Crippen LogP contribution in [-0.2, 0) is 28.6 Å². The van der Waals surface area contributed by atoms with Crippen molar-refractivity contribution < 1.29 is 38.2 Å². The molecule has 0 aromatic heterocycles. The number of nitrogens with zero attached hydrogens (tertiary/aromatic N) is 1. The summed E-state index contributed by atoms with van der Waals surface area (Å²) < 4.78 is 16.9. The Bertz CT molecular complexity index is 891. The first-order valence-corrected chi connectivity index (χ1v) is 19.0. The lowest BCUT2D eigenvalue weighted by Crippen LogP contribution is -2.55. The number of unbranched alkanes of at least 4 members (excludes halogenated alkanes) is 13. The number of hydrogen-bond donors (Lipinski definition) is 0. The molecule has 0 aliphatic rings. The molecule has 48 heavy (non-hydrogen) atoms. The molecule has 8 nitrogen and oxygen atoms in total. The molecule has 0 bridgehead atoms. The Kier molecular flexibility index (Phi) is 30.2. The highest BCUT2D eigenvalue weighted by Gasteiger charge is 2.25. The van der Waals surface area contributed by atoms with Gasteiger partial charge in [0.1, 0.15) is 12.6 Å². The van der Waals surface area contributed by atoms with Crippen LogP contribution >= 0.6 is 0 Å². The van der Waals surface area contributed by atoms with Gasteiger partial charge in [-0.05, 0) is 51.4 Å². The molecular formula is C40H71NO7. The number of carboxylic acid groups (broad SMARTS) is 1. The number of hydrogen-bond acceptors (Lipinski definition) is 7. The van der Waals surface area contributed by atoms with Crippen LogP contribution in [0.15, 0.2) is 36.5 Å². The first kappa shape index (κ1) is 45.6. The second kappa shape index (κ2) is 31.8. The molecule has 0 amide bonds. The highest BCUT2D eigenvalue weighted by atomic mass is 16.6. The number of likely N-dealkylation sites (N-methyl/N-ethyl adjacent to an activating group) is 1. The van der Waals surface area contributed by atoms with Crippen molar-refractivity contribution in [1.82, 2.24) is 0 Å². The van der Waals surface area contributed by atoms with Crippen LogP contribution < -0.4 is 5.11 Å². The van der Waals surface area contributed by atoms with Crippen molar-refractivity contribution >= 4 is 17.9 Å². The van der Waals surface area contributed by atoms with Gasteiger partial charge >= 0.3 is 11.9 Å². The Hall–Kier alpha value is -2.45. The zero-order valence-electron chi connectivity index (χ0n) is 31.4. The molecule has 0 spiro atoms. The Morgan fingerprint density at radius 1 is 0.646 bits per heavy atom. The van der Waals surface area contributed by atoms with E-state index in [4.69, 9.17) is 14.2 Å². The summed E-state index contributed by atoms with van der Waals surface area (Å²) in [6, 6.07) is -0.731. The van der Waals surface area contributed by atoms with Crippen LogP contribution in [0.2, 0.25) is 0 Å². The fraction of sp³-hybridized carbons (Fsp3) is 0.775. The van der Waals surface area contributed by atoms with Gasteiger partial charge in [0.05, 0.1) is 40.3 Å². The standard InChI is InChI=1S/C40H71NO7/c1-6-8-10-12-14-15-16-17-18-19-20-21-22-23-25-27-29-31-39(43)48-36(34-46-33-32-37(40(44)45)41(3,4)5)35-47-38(42)30-28-26-24-13-11-9-7-2/h9,11,17-18,24,26,36-37H,6-8,10,12-16,19-23,25,27-35H2,1-5H3/b11-9+,18-17+,26-24+. The molecule has 0 fully saturated rings. The maximum atomic E-state index is 12.6. The average Bonchev–Trinajstić information content (AvgIpc) is 3.03. The Morgan fingerprint density at radius 3 is 1.79 bits per heavy atom. The molecule has 0 saturated carbocycles. The van der Waals surface area contributed by atoms with E-state index in [1.54, 1.807) is 21.1 Å². The first-order valence-electron chi connectivity index (χ1n) is 19.0. The first-order chi connectivity index (χ1) is 23.1. The van der Waals surface area contributed by atoms with E-state index in [9.17, 15) is 19.5 Å². The monoisotopic (exact) mass is 678 g/mol. The smallest absolute Gasteiger partial charge is 0.306 e. The van der Waals surface area contributed by atoms with Crippen molar-refractivity contribution in [2.24, 2.45) is 0 Å². The quantitative estimate of drug-likeness (QED) is 0.0299. The van der Waals surface area contributed by atoms with Crippen LogP contribution in [0.3, 0.4) is 0 Å². The van der Waals surface area contributed by atoms with E-state index in [2.05, 4.69) is 38.2 Å². The number of aliphatic carboxylic acids is 1. The highest BCUT2D eigenvalue weighted by molar-refractivity contribution is 5.70. The van der Waals surface area contributed by atoms with Crippen molar-refractivity contribution in [3.8, 4) is 0 Å². The van der Waals surface area contributed by atoms with E-state index in [1.165, 1.54) is 77.0 Å². The fourth-order valence-electron chi connectivity index (χ4n) is 5.30. The lowest BCUT2D eigenvalue weighted by atomic mass is 10.1. The summed E-state index contributed by atoms with van der Waals surface area (Å²) in [5, 5.41) is 11.5. The van der Waals surface area contributed by atoms with Gasteiger partial charge in [-0.15, -0.1) is 0 Å². The van der Waals surface area contributed by atoms with Crippen LogP contribution in [0.1, 0.15) is 149 Å². The number of carbonyl (C=O) groups is 3. The van der Waals surface area contributed by atoms with Gasteiger partial charge in [0.15, 0.2) is 6.10 Å². The van der Waals surface area contributed by atoms with Crippen LogP contribution in [-0.4, -0.2) is 75.5 Å². The molecule has 0 aromatic rings. The van der Waals surface area contributed by atoms with E-state index >= 15 is 0 Å². The summed E-state index contributed by atoms with van der Waals surface area (Å²) in [4.78, 5) is 36.4. The molecule has 0 radical (unpaired) electrons. The van der Waals surface area contributed by atoms with Crippen LogP contribution in [0, 0.1) is 0 Å². The number of carbonyl (C=O) groups excluding carboxylic acids is 3. The van der Waals surface area contributed by atoms with E-state index in [0.29, 0.717) is 12.8 Å². The number of esters is 2. The van der Waals surface area contributed by atoms with Gasteiger partial charge in [-0.25, -0.2) is 0 Å². The van der Waals surface area contributed by atoms with Crippen molar-refractivity contribution in [3.05, 3.63) is 36.5 Å². The fourth-order valence-corrected chi connectivity index (χ4v) is 5.30. The minimum atomic E-state index is -1.13. The number of ether oxygens (including phenoxy) is 3. The van der Waals surface area contributed by atoms with E-state index in [1.807, 2.05) is 12.2 Å². The SMILES string of the molecule is CC/C=C/C/C=C/CCC(=O)OCC(COCCC(C(=O)[O-])[N+](C)(C)C)OC(=O)CCCCCCCCC/C=C/CCCCCCCC. The summed E-state index contributed by atoms with van der Waals surface area (Å²) in [5.74, 6) is -1.84. The normalized spacial score (nSPS) is 13.4. The molecule has 0 aliphatic carbocycles. The largest absolute Gasteiger partial charge is 0.544 e. The third-order valence-corrected chi connectivity index (χ3v) is 8.27. The molecule has 0 aliphatic heterocycles. The predicted molar refractivity (Wildman–Crippen MR) is 194 cm³/mol. The number of allylic oxidation sites excluding steroid dienone is 6. The minimum Gasteiger partial charge on any atom is -0.544 e. The molecule has 0 heterocycles. The Labute approximate surface area is 293 Å². The van der Waals surface area contributed by atoms with Crippen molar-refractivity contribution in [3.63, 3.8) is 0 Å². The zero-order chi connectivity index (χ0) is 35.7. The third-order valence-electron chi connectivity index (χ3n) is 8.27. The van der Waals surface area contributed by atoms with Crippen LogP contribution in [0.4, 0.5) is 0 Å². The van der Waals surface area contributed by atoms with E-state index < -0.39 is 18.1 Å². The molecule has 8 heteroatoms. The molecule has 0 saturated heterocycles. The van der Waals surface area contributed by atoms with Crippen LogP contribution in [0.5, 0.6) is 0 Å². The average molecular weight is 678 g/mol. The molecule has 278 valence electrons. The minimum absolute atomic E-state index is 0.0217. The molecule has 0 N–H and O–H groups in total. The van der Waals surface area contributed by atoms with Gasteiger partial charge in [-0.2, -0.15) is 0 Å². The van der Waals surface area contributed by atoms with Gasteiger partial charge < -0.3 is 28.6 Å².